The maximum atomic E-state index is 13.0. The first-order valence-electron chi connectivity index (χ1n) is 12.7. The summed E-state index contributed by atoms with van der Waals surface area (Å²) in [5.74, 6) is -1.59. The molecule has 0 saturated heterocycles. The summed E-state index contributed by atoms with van der Waals surface area (Å²) < 4.78 is 46.7. The lowest BCUT2D eigenvalue weighted by molar-refractivity contribution is -0.138. The Kier molecular flexibility index (Phi) is 7.08. The molecule has 9 heteroatoms. The van der Waals surface area contributed by atoms with Crippen molar-refractivity contribution in [3.05, 3.63) is 83.6 Å². The van der Waals surface area contributed by atoms with Crippen molar-refractivity contribution >= 4 is 22.8 Å². The number of aromatic nitrogens is 1. The van der Waals surface area contributed by atoms with E-state index < -0.39 is 23.7 Å². The average Bonchev–Trinajstić information content (AvgIpc) is 3.53. The van der Waals surface area contributed by atoms with Gasteiger partial charge in [0.1, 0.15) is 11.4 Å². The molecule has 1 fully saturated rings. The third-order valence-corrected chi connectivity index (χ3v) is 7.11. The zero-order valence-corrected chi connectivity index (χ0v) is 20.9. The fraction of sp³-hybridized carbons (Fsp3) is 0.267. The van der Waals surface area contributed by atoms with Gasteiger partial charge in [0.15, 0.2) is 0 Å². The fourth-order valence-corrected chi connectivity index (χ4v) is 5.24. The van der Waals surface area contributed by atoms with E-state index in [2.05, 4.69) is 0 Å². The summed E-state index contributed by atoms with van der Waals surface area (Å²) in [6, 6.07) is 16.9. The minimum absolute atomic E-state index is 0.0280. The number of aryl methyl sites for hydroxylation is 1. The molecule has 1 aliphatic carbocycles. The molecule has 0 spiro atoms. The average molecular weight is 538 g/mol. The summed E-state index contributed by atoms with van der Waals surface area (Å²) >= 11 is 0. The van der Waals surface area contributed by atoms with Gasteiger partial charge < -0.3 is 19.5 Å². The van der Waals surface area contributed by atoms with Gasteiger partial charge in [-0.2, -0.15) is 13.2 Å². The quantitative estimate of drug-likeness (QED) is 0.245. The van der Waals surface area contributed by atoms with Crippen LogP contribution in [0.3, 0.4) is 0 Å². The molecule has 0 radical (unpaired) electrons. The van der Waals surface area contributed by atoms with E-state index in [9.17, 15) is 33.0 Å². The number of carboxylic acids is 2. The number of aromatic carboxylic acids is 1. The van der Waals surface area contributed by atoms with Gasteiger partial charge >= 0.3 is 18.1 Å². The highest BCUT2D eigenvalue weighted by Crippen LogP contribution is 2.36. The lowest BCUT2D eigenvalue weighted by atomic mass is 9.99. The monoisotopic (exact) mass is 537 g/mol. The lowest BCUT2D eigenvalue weighted by Gasteiger charge is -2.14. The number of hydrogen-bond acceptors (Lipinski definition) is 3. The van der Waals surface area contributed by atoms with Crippen LogP contribution in [0.2, 0.25) is 0 Å². The van der Waals surface area contributed by atoms with E-state index >= 15 is 0 Å². The first-order valence-corrected chi connectivity index (χ1v) is 12.7. The maximum absolute atomic E-state index is 13.0. The van der Waals surface area contributed by atoms with Crippen molar-refractivity contribution in [2.45, 2.75) is 50.8 Å². The minimum atomic E-state index is -4.46. The Morgan fingerprint density at radius 1 is 0.897 bits per heavy atom. The molecule has 0 unspecified atom stereocenters. The van der Waals surface area contributed by atoms with Gasteiger partial charge in [-0.1, -0.05) is 18.2 Å². The Balaban J connectivity index is 1.61. The molecule has 4 aromatic rings. The molecule has 1 heterocycles. The molecule has 1 aliphatic rings. The number of hydrogen-bond donors (Lipinski definition) is 2. The first kappa shape index (κ1) is 26.3. The van der Waals surface area contributed by atoms with Crippen LogP contribution in [0.5, 0.6) is 5.75 Å². The van der Waals surface area contributed by atoms with E-state index in [0.717, 1.165) is 37.8 Å². The van der Waals surface area contributed by atoms with Crippen LogP contribution in [0.1, 0.15) is 53.7 Å². The molecule has 0 aliphatic heterocycles. The third kappa shape index (κ3) is 5.48. The largest absolute Gasteiger partial charge is 0.490 e. The smallest absolute Gasteiger partial charge is 0.416 e. The number of rotatable bonds is 8. The predicted molar refractivity (Wildman–Crippen MR) is 140 cm³/mol. The van der Waals surface area contributed by atoms with Crippen LogP contribution >= 0.6 is 0 Å². The Morgan fingerprint density at radius 2 is 1.54 bits per heavy atom. The molecule has 2 N–H and O–H groups in total. The predicted octanol–water partition coefficient (Wildman–Crippen LogP) is 7.35. The lowest BCUT2D eigenvalue weighted by Crippen LogP contribution is -2.11. The molecule has 3 aromatic carbocycles. The topological polar surface area (TPSA) is 88.8 Å². The van der Waals surface area contributed by atoms with Gasteiger partial charge in [-0.05, 0) is 97.3 Å². The summed E-state index contributed by atoms with van der Waals surface area (Å²) in [6.45, 7) is 0. The highest BCUT2D eigenvalue weighted by atomic mass is 19.4. The SMILES string of the molecule is O=C(O)CCc1c(C(=O)O)n(-c2ccc(OC3CCCC3)cc2)c2ccc(-c3ccc(C(F)(F)F)cc3)cc12. The van der Waals surface area contributed by atoms with Crippen LogP contribution in [-0.4, -0.2) is 32.8 Å². The number of ether oxygens (including phenoxy) is 1. The molecule has 0 atom stereocenters. The molecule has 5 rings (SSSR count). The van der Waals surface area contributed by atoms with Crippen molar-refractivity contribution in [2.24, 2.45) is 0 Å². The van der Waals surface area contributed by atoms with E-state index in [1.807, 2.05) is 0 Å². The summed E-state index contributed by atoms with van der Waals surface area (Å²) in [5, 5.41) is 20.0. The second-order valence-electron chi connectivity index (χ2n) is 9.69. The molecule has 0 amide bonds. The number of fused-ring (bicyclic) bond motifs is 1. The van der Waals surface area contributed by atoms with Crippen molar-refractivity contribution in [3.63, 3.8) is 0 Å². The highest BCUT2D eigenvalue weighted by Gasteiger charge is 2.30. The minimum Gasteiger partial charge on any atom is -0.490 e. The Morgan fingerprint density at radius 3 is 2.13 bits per heavy atom. The van der Waals surface area contributed by atoms with Crippen LogP contribution in [0.25, 0.3) is 27.7 Å². The second kappa shape index (κ2) is 10.5. The van der Waals surface area contributed by atoms with Crippen LogP contribution in [0.4, 0.5) is 13.2 Å². The first-order chi connectivity index (χ1) is 18.6. The van der Waals surface area contributed by atoms with Crippen molar-refractivity contribution in [1.82, 2.24) is 4.57 Å². The van der Waals surface area contributed by atoms with Crippen LogP contribution in [-0.2, 0) is 17.4 Å². The standard InChI is InChI=1S/C30H26F3NO5/c31-30(32,33)20-8-5-18(6-9-20)19-7-15-26-25(17-19)24(14-16-27(35)36)28(29(37)38)34(26)21-10-12-23(13-11-21)39-22-3-1-2-4-22/h5-13,15,17,22H,1-4,14,16H2,(H,35,36)(H,37,38). The van der Waals surface area contributed by atoms with E-state index in [0.29, 0.717) is 39.0 Å². The number of alkyl halides is 3. The summed E-state index contributed by atoms with van der Waals surface area (Å²) in [7, 11) is 0. The van der Waals surface area contributed by atoms with E-state index in [1.54, 1.807) is 47.0 Å². The number of benzene rings is 3. The molecule has 202 valence electrons. The van der Waals surface area contributed by atoms with Crippen molar-refractivity contribution in [1.29, 1.82) is 0 Å². The number of aliphatic carboxylic acids is 1. The summed E-state index contributed by atoms with van der Waals surface area (Å²) in [4.78, 5) is 23.9. The normalized spacial score (nSPS) is 14.1. The summed E-state index contributed by atoms with van der Waals surface area (Å²) in [5.41, 5.74) is 1.75. The zero-order valence-electron chi connectivity index (χ0n) is 20.9. The highest BCUT2D eigenvalue weighted by molar-refractivity contribution is 6.01. The number of carboxylic acid groups (broad SMARTS) is 2. The van der Waals surface area contributed by atoms with Gasteiger partial charge in [0.25, 0.3) is 0 Å². The van der Waals surface area contributed by atoms with Crippen molar-refractivity contribution in [2.75, 3.05) is 0 Å². The number of carbonyl (C=O) groups is 2. The van der Waals surface area contributed by atoms with Crippen molar-refractivity contribution in [3.8, 4) is 22.6 Å². The number of halogens is 3. The van der Waals surface area contributed by atoms with E-state index in [1.165, 1.54) is 12.1 Å². The van der Waals surface area contributed by atoms with Gasteiger partial charge in [-0.25, -0.2) is 4.79 Å². The molecule has 1 aromatic heterocycles. The Hall–Kier alpha value is -4.27. The van der Waals surface area contributed by atoms with Crippen LogP contribution in [0, 0.1) is 0 Å². The van der Waals surface area contributed by atoms with Gasteiger partial charge in [-0.3, -0.25) is 4.79 Å². The van der Waals surface area contributed by atoms with Gasteiger partial charge in [0, 0.05) is 17.5 Å². The molecule has 1 saturated carbocycles. The van der Waals surface area contributed by atoms with Crippen LogP contribution < -0.4 is 4.74 Å². The van der Waals surface area contributed by atoms with Gasteiger partial charge in [0.05, 0.1) is 17.2 Å². The zero-order chi connectivity index (χ0) is 27.7. The van der Waals surface area contributed by atoms with E-state index in [4.69, 9.17) is 4.74 Å². The number of nitrogens with zero attached hydrogens (tertiary/aromatic N) is 1. The fourth-order valence-electron chi connectivity index (χ4n) is 5.24. The van der Waals surface area contributed by atoms with Crippen LogP contribution in [0.15, 0.2) is 66.7 Å². The van der Waals surface area contributed by atoms with Gasteiger partial charge in [-0.15, -0.1) is 0 Å². The maximum Gasteiger partial charge on any atom is 0.416 e. The molecule has 0 bridgehead atoms. The summed E-state index contributed by atoms with van der Waals surface area (Å²) in [6.07, 6.45) is -0.330. The van der Waals surface area contributed by atoms with Crippen molar-refractivity contribution < 1.29 is 37.7 Å². The molecular weight excluding hydrogens is 511 g/mol. The Labute approximate surface area is 222 Å². The Bertz CT molecular complexity index is 1520. The third-order valence-electron chi connectivity index (χ3n) is 7.11. The van der Waals surface area contributed by atoms with Gasteiger partial charge in [0.2, 0.25) is 0 Å². The molecule has 39 heavy (non-hydrogen) atoms. The molecular formula is C30H26F3NO5. The second-order valence-corrected chi connectivity index (χ2v) is 9.69. The van der Waals surface area contributed by atoms with E-state index in [-0.39, 0.29) is 24.6 Å². The molecule has 6 nitrogen and oxygen atoms in total.